The van der Waals surface area contributed by atoms with Crippen molar-refractivity contribution in [2.75, 3.05) is 25.4 Å². The number of nitrogen functional groups attached to an aromatic ring is 1. The van der Waals surface area contributed by atoms with Gasteiger partial charge >= 0.3 is 5.97 Å². The summed E-state index contributed by atoms with van der Waals surface area (Å²) in [7, 11) is 0. The number of H-pyrrole nitrogens is 1. The monoisotopic (exact) mass is 384 g/mol. The molecule has 1 aliphatic heterocycles. The molecular formula is C20H24N4O2S. The summed E-state index contributed by atoms with van der Waals surface area (Å²) in [6.07, 6.45) is 4.38. The molecule has 0 amide bonds. The molecular weight excluding hydrogens is 360 g/mol. The van der Waals surface area contributed by atoms with Crippen molar-refractivity contribution in [1.29, 1.82) is 0 Å². The van der Waals surface area contributed by atoms with E-state index < -0.39 is 5.97 Å². The van der Waals surface area contributed by atoms with E-state index in [0.29, 0.717) is 29.1 Å². The average molecular weight is 385 g/mol. The van der Waals surface area contributed by atoms with Crippen LogP contribution in [0.3, 0.4) is 0 Å². The third kappa shape index (κ3) is 3.70. The van der Waals surface area contributed by atoms with Crippen LogP contribution in [0.2, 0.25) is 0 Å². The van der Waals surface area contributed by atoms with Crippen LogP contribution in [0.5, 0.6) is 0 Å². The van der Waals surface area contributed by atoms with Crippen LogP contribution in [-0.2, 0) is 11.3 Å². The summed E-state index contributed by atoms with van der Waals surface area (Å²) in [6, 6.07) is 8.48. The van der Waals surface area contributed by atoms with E-state index in [4.69, 9.17) is 10.5 Å². The third-order valence-electron chi connectivity index (χ3n) is 5.20. The number of aromatic amines is 1. The molecule has 3 heterocycles. The Morgan fingerprint density at radius 3 is 2.93 bits per heavy atom. The van der Waals surface area contributed by atoms with Crippen LogP contribution in [0.25, 0.3) is 10.9 Å². The lowest BCUT2D eigenvalue weighted by Crippen LogP contribution is -2.32. The van der Waals surface area contributed by atoms with E-state index in [-0.39, 0.29) is 0 Å². The number of fused-ring (bicyclic) bond motifs is 1. The summed E-state index contributed by atoms with van der Waals surface area (Å²) in [5.74, 6) is 0.179. The number of carbonyl (C=O) groups is 1. The number of esters is 1. The molecule has 27 heavy (non-hydrogen) atoms. The maximum Gasteiger partial charge on any atom is 0.367 e. The number of anilines is 1. The fourth-order valence-electron chi connectivity index (χ4n) is 3.80. The van der Waals surface area contributed by atoms with Crippen molar-refractivity contribution in [1.82, 2.24) is 14.9 Å². The molecule has 7 heteroatoms. The molecule has 1 saturated heterocycles. The summed E-state index contributed by atoms with van der Waals surface area (Å²) in [5, 5.41) is 2.29. The Morgan fingerprint density at radius 1 is 1.37 bits per heavy atom. The molecule has 1 aromatic carbocycles. The van der Waals surface area contributed by atoms with E-state index in [1.54, 1.807) is 6.92 Å². The maximum absolute atomic E-state index is 11.8. The number of likely N-dealkylation sites (tertiary alicyclic amines) is 1. The molecule has 3 aromatic rings. The van der Waals surface area contributed by atoms with Gasteiger partial charge in [-0.25, -0.2) is 9.78 Å². The second kappa shape index (κ2) is 7.70. The zero-order valence-corrected chi connectivity index (χ0v) is 16.2. The Labute approximate surface area is 162 Å². The molecule has 0 saturated carbocycles. The minimum Gasteiger partial charge on any atom is -0.461 e. The number of piperidine rings is 1. The summed E-state index contributed by atoms with van der Waals surface area (Å²) >= 11 is 1.21. The molecule has 0 radical (unpaired) electrons. The molecule has 0 bridgehead atoms. The van der Waals surface area contributed by atoms with Gasteiger partial charge < -0.3 is 15.5 Å². The van der Waals surface area contributed by atoms with Crippen molar-refractivity contribution in [3.05, 3.63) is 46.7 Å². The van der Waals surface area contributed by atoms with Gasteiger partial charge in [-0.15, -0.1) is 0 Å². The van der Waals surface area contributed by atoms with Gasteiger partial charge in [-0.3, -0.25) is 4.90 Å². The zero-order chi connectivity index (χ0) is 18.8. The smallest absolute Gasteiger partial charge is 0.367 e. The molecule has 1 fully saturated rings. The molecule has 0 spiro atoms. The first-order valence-electron chi connectivity index (χ1n) is 9.36. The van der Waals surface area contributed by atoms with E-state index in [1.807, 2.05) is 0 Å². The van der Waals surface area contributed by atoms with Gasteiger partial charge in [0, 0.05) is 23.6 Å². The van der Waals surface area contributed by atoms with E-state index in [1.165, 1.54) is 27.8 Å². The summed E-state index contributed by atoms with van der Waals surface area (Å²) in [4.78, 5) is 22.0. The predicted octanol–water partition coefficient (Wildman–Crippen LogP) is 3.76. The number of hydrogen-bond donors (Lipinski definition) is 2. The Kier molecular flexibility index (Phi) is 5.13. The number of benzene rings is 1. The van der Waals surface area contributed by atoms with Crippen molar-refractivity contribution < 1.29 is 9.53 Å². The highest BCUT2D eigenvalue weighted by molar-refractivity contribution is 7.17. The van der Waals surface area contributed by atoms with Gasteiger partial charge in [0.15, 0.2) is 0 Å². The highest BCUT2D eigenvalue weighted by Gasteiger charge is 2.24. The van der Waals surface area contributed by atoms with Crippen LogP contribution in [-0.4, -0.2) is 40.5 Å². The van der Waals surface area contributed by atoms with Crippen molar-refractivity contribution in [3.63, 3.8) is 0 Å². The molecule has 3 N–H and O–H groups in total. The van der Waals surface area contributed by atoms with Crippen molar-refractivity contribution in [2.24, 2.45) is 0 Å². The third-order valence-corrected chi connectivity index (χ3v) is 6.11. The number of aromatic nitrogens is 2. The van der Waals surface area contributed by atoms with Crippen LogP contribution in [0.4, 0.5) is 5.00 Å². The molecule has 2 aromatic heterocycles. The molecule has 0 atom stereocenters. The SMILES string of the molecule is CCOC(=O)c1nc(CN2CCC(c3c[nH]c4ccccc34)CC2)c(N)s1. The van der Waals surface area contributed by atoms with Crippen LogP contribution in [0.1, 0.15) is 46.7 Å². The molecule has 4 rings (SSSR count). The van der Waals surface area contributed by atoms with Crippen LogP contribution >= 0.6 is 11.3 Å². The van der Waals surface area contributed by atoms with E-state index in [0.717, 1.165) is 31.6 Å². The lowest BCUT2D eigenvalue weighted by molar-refractivity contribution is 0.0525. The van der Waals surface area contributed by atoms with Gasteiger partial charge in [-0.2, -0.15) is 0 Å². The van der Waals surface area contributed by atoms with Gasteiger partial charge in [-0.1, -0.05) is 29.5 Å². The number of thiazole rings is 1. The zero-order valence-electron chi connectivity index (χ0n) is 15.4. The molecule has 0 aliphatic carbocycles. The maximum atomic E-state index is 11.8. The normalized spacial score (nSPS) is 16.0. The minimum absolute atomic E-state index is 0.342. The second-order valence-electron chi connectivity index (χ2n) is 6.89. The standard InChI is InChI=1S/C20H24N4O2S/c1-2-26-20(25)19-23-17(18(21)27-19)12-24-9-7-13(8-10-24)15-11-22-16-6-4-3-5-14(15)16/h3-6,11,13,22H,2,7-10,12,21H2,1H3. The van der Waals surface area contributed by atoms with Gasteiger partial charge in [0.25, 0.3) is 0 Å². The highest BCUT2D eigenvalue weighted by Crippen LogP contribution is 2.34. The first kappa shape index (κ1) is 18.0. The average Bonchev–Trinajstić information content (AvgIpc) is 3.27. The fraction of sp³-hybridized carbons (Fsp3) is 0.400. The molecule has 1 aliphatic rings. The van der Waals surface area contributed by atoms with Crippen LogP contribution in [0.15, 0.2) is 30.5 Å². The van der Waals surface area contributed by atoms with E-state index in [9.17, 15) is 4.79 Å². The number of carbonyl (C=O) groups excluding carboxylic acids is 1. The number of nitrogens with zero attached hydrogens (tertiary/aromatic N) is 2. The highest BCUT2D eigenvalue weighted by atomic mass is 32.1. The Hall–Kier alpha value is -2.38. The van der Waals surface area contributed by atoms with Crippen molar-refractivity contribution in [3.8, 4) is 0 Å². The minimum atomic E-state index is -0.390. The van der Waals surface area contributed by atoms with Crippen LogP contribution in [0, 0.1) is 0 Å². The number of hydrogen-bond acceptors (Lipinski definition) is 6. The van der Waals surface area contributed by atoms with Gasteiger partial charge in [0.1, 0.15) is 5.00 Å². The van der Waals surface area contributed by atoms with Crippen LogP contribution < -0.4 is 5.73 Å². The van der Waals surface area contributed by atoms with Crippen molar-refractivity contribution in [2.45, 2.75) is 32.2 Å². The molecule has 6 nitrogen and oxygen atoms in total. The number of para-hydroxylation sites is 1. The van der Waals surface area contributed by atoms with E-state index in [2.05, 4.69) is 45.3 Å². The first-order valence-corrected chi connectivity index (χ1v) is 10.2. The Balaban J connectivity index is 1.39. The lowest BCUT2D eigenvalue weighted by Gasteiger charge is -2.31. The largest absolute Gasteiger partial charge is 0.461 e. The fourth-order valence-corrected chi connectivity index (χ4v) is 4.54. The first-order chi connectivity index (χ1) is 13.2. The number of nitrogens with one attached hydrogen (secondary N) is 1. The molecule has 142 valence electrons. The van der Waals surface area contributed by atoms with Crippen molar-refractivity contribution >= 4 is 33.2 Å². The summed E-state index contributed by atoms with van der Waals surface area (Å²) in [6.45, 7) is 4.80. The second-order valence-corrected chi connectivity index (χ2v) is 7.92. The summed E-state index contributed by atoms with van der Waals surface area (Å²) in [5.41, 5.74) is 9.49. The molecule has 0 unspecified atom stereocenters. The topological polar surface area (TPSA) is 84.2 Å². The predicted molar refractivity (Wildman–Crippen MR) is 108 cm³/mol. The summed E-state index contributed by atoms with van der Waals surface area (Å²) < 4.78 is 5.01. The van der Waals surface area contributed by atoms with Gasteiger partial charge in [0.05, 0.1) is 12.3 Å². The Bertz CT molecular complexity index is 941. The Morgan fingerprint density at radius 2 is 2.15 bits per heavy atom. The van der Waals surface area contributed by atoms with Gasteiger partial charge in [-0.05, 0) is 50.4 Å². The number of nitrogens with two attached hydrogens (primary N) is 1. The lowest BCUT2D eigenvalue weighted by atomic mass is 9.89. The van der Waals surface area contributed by atoms with E-state index >= 15 is 0 Å². The van der Waals surface area contributed by atoms with Gasteiger partial charge in [0.2, 0.25) is 5.01 Å². The number of rotatable bonds is 5. The number of ether oxygens (including phenoxy) is 1. The quantitative estimate of drug-likeness (QED) is 0.654.